The third-order valence-corrected chi connectivity index (χ3v) is 3.07. The van der Waals surface area contributed by atoms with Crippen molar-refractivity contribution < 1.29 is 0 Å². The van der Waals surface area contributed by atoms with Crippen molar-refractivity contribution in [3.05, 3.63) is 28.5 Å². The lowest BCUT2D eigenvalue weighted by molar-refractivity contribution is 0.734. The second-order valence-corrected chi connectivity index (χ2v) is 5.27. The van der Waals surface area contributed by atoms with Gasteiger partial charge in [0.25, 0.3) is 0 Å². The van der Waals surface area contributed by atoms with Crippen LogP contribution in [0.25, 0.3) is 0 Å². The van der Waals surface area contributed by atoms with Crippen LogP contribution in [-0.2, 0) is 6.42 Å². The van der Waals surface area contributed by atoms with Gasteiger partial charge >= 0.3 is 0 Å². The molecular formula is C10H13Br2N. The summed E-state index contributed by atoms with van der Waals surface area (Å²) in [6, 6.07) is 4.10. The molecule has 0 aromatic carbocycles. The highest BCUT2D eigenvalue weighted by molar-refractivity contribution is 9.10. The highest BCUT2D eigenvalue weighted by Crippen LogP contribution is 2.15. The van der Waals surface area contributed by atoms with Crippen LogP contribution in [0.2, 0.25) is 0 Å². The van der Waals surface area contributed by atoms with E-state index < -0.39 is 0 Å². The van der Waals surface area contributed by atoms with Crippen LogP contribution in [0.1, 0.15) is 25.5 Å². The van der Waals surface area contributed by atoms with Gasteiger partial charge in [0, 0.05) is 27.6 Å². The molecule has 1 heterocycles. The molecule has 1 unspecified atom stereocenters. The van der Waals surface area contributed by atoms with E-state index in [9.17, 15) is 0 Å². The maximum Gasteiger partial charge on any atom is 0.0415 e. The zero-order valence-corrected chi connectivity index (χ0v) is 10.8. The monoisotopic (exact) mass is 305 g/mol. The molecule has 1 atom stereocenters. The molecule has 0 aliphatic rings. The predicted octanol–water partition coefficient (Wildman–Crippen LogP) is 3.95. The number of halogens is 2. The third-order valence-electron chi connectivity index (χ3n) is 1.82. The van der Waals surface area contributed by atoms with Crippen LogP contribution in [0.15, 0.2) is 22.8 Å². The van der Waals surface area contributed by atoms with E-state index in [0.29, 0.717) is 4.83 Å². The Hall–Kier alpha value is 0.110. The van der Waals surface area contributed by atoms with E-state index in [1.807, 2.05) is 12.3 Å². The summed E-state index contributed by atoms with van der Waals surface area (Å²) in [6.45, 7) is 2.20. The molecule has 0 aliphatic carbocycles. The van der Waals surface area contributed by atoms with E-state index in [0.717, 1.165) is 16.6 Å². The van der Waals surface area contributed by atoms with Gasteiger partial charge in [-0.3, -0.25) is 4.98 Å². The second kappa shape index (κ2) is 5.76. The number of nitrogens with zero attached hydrogens (tertiary/aromatic N) is 1. The Balaban J connectivity index is 2.49. The zero-order chi connectivity index (χ0) is 9.68. The van der Waals surface area contributed by atoms with Gasteiger partial charge in [0.05, 0.1) is 0 Å². The van der Waals surface area contributed by atoms with Gasteiger partial charge in [-0.15, -0.1) is 0 Å². The Labute approximate surface area is 96.2 Å². The van der Waals surface area contributed by atoms with Gasteiger partial charge < -0.3 is 0 Å². The molecule has 1 aromatic rings. The lowest BCUT2D eigenvalue weighted by atomic mass is 10.1. The van der Waals surface area contributed by atoms with Gasteiger partial charge in [0.2, 0.25) is 0 Å². The first-order valence-corrected chi connectivity index (χ1v) is 6.17. The van der Waals surface area contributed by atoms with E-state index >= 15 is 0 Å². The van der Waals surface area contributed by atoms with Crippen LogP contribution in [0.5, 0.6) is 0 Å². The molecule has 0 radical (unpaired) electrons. The van der Waals surface area contributed by atoms with Crippen LogP contribution in [0.3, 0.4) is 0 Å². The molecule has 13 heavy (non-hydrogen) atoms. The lowest BCUT2D eigenvalue weighted by Gasteiger charge is -2.06. The Morgan fingerprint density at radius 3 is 2.77 bits per heavy atom. The summed E-state index contributed by atoms with van der Waals surface area (Å²) in [5.41, 5.74) is 1.15. The smallest absolute Gasteiger partial charge is 0.0415 e. The molecule has 0 saturated carbocycles. The Morgan fingerprint density at radius 1 is 1.46 bits per heavy atom. The van der Waals surface area contributed by atoms with E-state index in [-0.39, 0.29) is 0 Å². The van der Waals surface area contributed by atoms with Crippen molar-refractivity contribution in [2.75, 3.05) is 0 Å². The first-order valence-electron chi connectivity index (χ1n) is 4.47. The summed E-state index contributed by atoms with van der Waals surface area (Å²) in [5, 5.41) is 0. The minimum atomic E-state index is 0.561. The van der Waals surface area contributed by atoms with Crippen molar-refractivity contribution in [1.29, 1.82) is 0 Å². The van der Waals surface area contributed by atoms with Gasteiger partial charge in [-0.2, -0.15) is 0 Å². The number of hydrogen-bond donors (Lipinski definition) is 0. The summed E-state index contributed by atoms with van der Waals surface area (Å²) in [4.78, 5) is 4.88. The van der Waals surface area contributed by atoms with Crippen molar-refractivity contribution in [2.24, 2.45) is 0 Å². The molecule has 0 amide bonds. The maximum absolute atomic E-state index is 4.32. The van der Waals surface area contributed by atoms with Gasteiger partial charge in [0.15, 0.2) is 0 Å². The molecule has 0 aliphatic heterocycles. The molecule has 3 heteroatoms. The van der Waals surface area contributed by atoms with Crippen molar-refractivity contribution in [2.45, 2.75) is 31.0 Å². The maximum atomic E-state index is 4.32. The fraction of sp³-hybridized carbons (Fsp3) is 0.500. The summed E-state index contributed by atoms with van der Waals surface area (Å²) >= 11 is 7.01. The molecule has 0 N–H and O–H groups in total. The molecule has 1 aromatic heterocycles. The van der Waals surface area contributed by atoms with Gasteiger partial charge in [0.1, 0.15) is 0 Å². The van der Waals surface area contributed by atoms with Crippen LogP contribution in [0.4, 0.5) is 0 Å². The third kappa shape index (κ3) is 4.23. The minimum Gasteiger partial charge on any atom is -0.260 e. The number of pyridine rings is 1. The van der Waals surface area contributed by atoms with E-state index in [1.165, 1.54) is 12.8 Å². The van der Waals surface area contributed by atoms with Crippen LogP contribution in [-0.4, -0.2) is 9.81 Å². The van der Waals surface area contributed by atoms with Gasteiger partial charge in [-0.25, -0.2) is 0 Å². The fourth-order valence-electron chi connectivity index (χ4n) is 1.17. The van der Waals surface area contributed by atoms with Crippen LogP contribution < -0.4 is 0 Å². The van der Waals surface area contributed by atoms with E-state index in [2.05, 4.69) is 49.8 Å². The Morgan fingerprint density at radius 2 is 2.23 bits per heavy atom. The standard InChI is InChI=1S/C10H13Br2N/c1-2-3-8(11)6-10-5-4-9(12)7-13-10/h4-5,7-8H,2-3,6H2,1H3. The molecule has 0 bridgehead atoms. The van der Waals surface area contributed by atoms with Crippen molar-refractivity contribution in [3.8, 4) is 0 Å². The summed E-state index contributed by atoms with van der Waals surface area (Å²) < 4.78 is 1.04. The highest BCUT2D eigenvalue weighted by atomic mass is 79.9. The molecular weight excluding hydrogens is 294 g/mol. The Kier molecular flexibility index (Phi) is 4.96. The molecule has 1 rings (SSSR count). The highest BCUT2D eigenvalue weighted by Gasteiger charge is 2.04. The van der Waals surface area contributed by atoms with E-state index in [4.69, 9.17) is 0 Å². The average molecular weight is 307 g/mol. The fourth-order valence-corrected chi connectivity index (χ4v) is 2.19. The Bertz CT molecular complexity index is 246. The van der Waals surface area contributed by atoms with Crippen LogP contribution in [0, 0.1) is 0 Å². The molecule has 0 fully saturated rings. The molecule has 72 valence electrons. The first-order chi connectivity index (χ1) is 6.22. The number of hydrogen-bond acceptors (Lipinski definition) is 1. The zero-order valence-electron chi connectivity index (χ0n) is 7.63. The summed E-state index contributed by atoms with van der Waals surface area (Å²) in [6.07, 6.45) is 5.28. The molecule has 0 spiro atoms. The molecule has 0 saturated heterocycles. The summed E-state index contributed by atoms with van der Waals surface area (Å²) in [7, 11) is 0. The first kappa shape index (κ1) is 11.2. The van der Waals surface area contributed by atoms with Gasteiger partial charge in [-0.1, -0.05) is 29.3 Å². The summed E-state index contributed by atoms with van der Waals surface area (Å²) in [5.74, 6) is 0. The van der Waals surface area contributed by atoms with Gasteiger partial charge in [-0.05, 0) is 34.5 Å². The second-order valence-electron chi connectivity index (χ2n) is 3.06. The predicted molar refractivity (Wildman–Crippen MR) is 63.3 cm³/mol. The topological polar surface area (TPSA) is 12.9 Å². The number of rotatable bonds is 4. The molecule has 1 nitrogen and oxygen atoms in total. The number of aromatic nitrogens is 1. The van der Waals surface area contributed by atoms with Crippen LogP contribution >= 0.6 is 31.9 Å². The van der Waals surface area contributed by atoms with Crippen molar-refractivity contribution in [1.82, 2.24) is 4.98 Å². The van der Waals surface area contributed by atoms with E-state index in [1.54, 1.807) is 0 Å². The average Bonchev–Trinajstić information content (AvgIpc) is 2.09. The quantitative estimate of drug-likeness (QED) is 0.768. The SMILES string of the molecule is CCCC(Br)Cc1ccc(Br)cn1. The number of alkyl halides is 1. The normalized spacial score (nSPS) is 12.8. The van der Waals surface area contributed by atoms with Crippen molar-refractivity contribution in [3.63, 3.8) is 0 Å². The van der Waals surface area contributed by atoms with Crippen molar-refractivity contribution >= 4 is 31.9 Å². The lowest BCUT2D eigenvalue weighted by Crippen LogP contribution is -2.03. The minimum absolute atomic E-state index is 0.561. The largest absolute Gasteiger partial charge is 0.260 e.